The van der Waals surface area contributed by atoms with Gasteiger partial charge in [0.2, 0.25) is 11.8 Å². The highest BCUT2D eigenvalue weighted by Gasteiger charge is 2.30. The van der Waals surface area contributed by atoms with Crippen molar-refractivity contribution in [1.29, 1.82) is 0 Å². The standard InChI is InChI=1S/C33H42N2O4/c1-5-20-34-33(37)29(22-26-13-9-8-10-14-26)35(24-28-15-11-12-25(4)21-28)32(36)19-17-27-16-18-30(38-6-2)31(23-27)39-7-3/h8-16,18,21,23,29H,5-7,17,19-20,22,24H2,1-4H3,(H,34,37)/t29-/m1/s1. The van der Waals surface area contributed by atoms with Gasteiger partial charge in [-0.2, -0.15) is 0 Å². The van der Waals surface area contributed by atoms with Crippen molar-refractivity contribution in [3.63, 3.8) is 0 Å². The lowest BCUT2D eigenvalue weighted by molar-refractivity contribution is -0.141. The maximum atomic E-state index is 13.9. The fourth-order valence-corrected chi connectivity index (χ4v) is 4.57. The number of carbonyl (C=O) groups is 2. The van der Waals surface area contributed by atoms with Crippen LogP contribution in [0.4, 0.5) is 0 Å². The highest BCUT2D eigenvalue weighted by molar-refractivity contribution is 5.88. The van der Waals surface area contributed by atoms with Crippen molar-refractivity contribution in [2.24, 2.45) is 0 Å². The Labute approximate surface area is 233 Å². The van der Waals surface area contributed by atoms with Gasteiger partial charge in [-0.1, -0.05) is 73.2 Å². The summed E-state index contributed by atoms with van der Waals surface area (Å²) in [6, 6.07) is 23.2. The molecule has 1 atom stereocenters. The molecule has 3 rings (SSSR count). The maximum Gasteiger partial charge on any atom is 0.243 e. The average molecular weight is 531 g/mol. The van der Waals surface area contributed by atoms with Crippen LogP contribution >= 0.6 is 0 Å². The minimum Gasteiger partial charge on any atom is -0.490 e. The maximum absolute atomic E-state index is 13.9. The molecule has 0 fully saturated rings. The Morgan fingerprint density at radius 3 is 2.23 bits per heavy atom. The summed E-state index contributed by atoms with van der Waals surface area (Å²) in [7, 11) is 0. The number of aryl methyl sites for hydroxylation is 2. The Bertz CT molecular complexity index is 1200. The van der Waals surface area contributed by atoms with E-state index in [9.17, 15) is 9.59 Å². The molecule has 0 bridgehead atoms. The number of rotatable bonds is 15. The molecule has 208 valence electrons. The van der Waals surface area contributed by atoms with Gasteiger partial charge in [-0.3, -0.25) is 9.59 Å². The first-order valence-electron chi connectivity index (χ1n) is 14.0. The van der Waals surface area contributed by atoms with Crippen molar-refractivity contribution in [3.05, 3.63) is 95.1 Å². The highest BCUT2D eigenvalue weighted by atomic mass is 16.5. The number of benzene rings is 3. The third-order valence-corrected chi connectivity index (χ3v) is 6.49. The lowest BCUT2D eigenvalue weighted by Crippen LogP contribution is -2.50. The van der Waals surface area contributed by atoms with Gasteiger partial charge in [0.1, 0.15) is 6.04 Å². The smallest absolute Gasteiger partial charge is 0.243 e. The second kappa shape index (κ2) is 15.6. The molecule has 0 saturated heterocycles. The molecule has 3 aromatic carbocycles. The van der Waals surface area contributed by atoms with E-state index in [2.05, 4.69) is 11.4 Å². The van der Waals surface area contributed by atoms with E-state index in [-0.39, 0.29) is 18.2 Å². The van der Waals surface area contributed by atoms with E-state index in [0.29, 0.717) is 50.6 Å². The molecule has 2 amide bonds. The minimum atomic E-state index is -0.619. The summed E-state index contributed by atoms with van der Waals surface area (Å²) in [5, 5.41) is 3.04. The Morgan fingerprint density at radius 1 is 0.821 bits per heavy atom. The third-order valence-electron chi connectivity index (χ3n) is 6.49. The second-order valence-corrected chi connectivity index (χ2v) is 9.65. The Hall–Kier alpha value is -3.80. The van der Waals surface area contributed by atoms with Gasteiger partial charge in [0.15, 0.2) is 11.5 Å². The molecule has 0 aliphatic carbocycles. The van der Waals surface area contributed by atoms with Crippen LogP contribution in [0.15, 0.2) is 72.8 Å². The van der Waals surface area contributed by atoms with Crippen LogP contribution in [0.1, 0.15) is 55.9 Å². The molecule has 0 aliphatic heterocycles. The molecule has 6 heteroatoms. The number of hydrogen-bond acceptors (Lipinski definition) is 4. The van der Waals surface area contributed by atoms with E-state index in [1.54, 1.807) is 4.90 Å². The number of carbonyl (C=O) groups excluding carboxylic acids is 2. The Morgan fingerprint density at radius 2 is 1.54 bits per heavy atom. The van der Waals surface area contributed by atoms with Crippen molar-refractivity contribution in [2.75, 3.05) is 19.8 Å². The largest absolute Gasteiger partial charge is 0.490 e. The van der Waals surface area contributed by atoms with Gasteiger partial charge in [-0.05, 0) is 62.4 Å². The van der Waals surface area contributed by atoms with Gasteiger partial charge < -0.3 is 19.7 Å². The lowest BCUT2D eigenvalue weighted by Gasteiger charge is -2.32. The monoisotopic (exact) mass is 530 g/mol. The van der Waals surface area contributed by atoms with Crippen LogP contribution in [0.2, 0.25) is 0 Å². The Kier molecular flexibility index (Phi) is 11.9. The first kappa shape index (κ1) is 29.8. The fourth-order valence-electron chi connectivity index (χ4n) is 4.57. The quantitative estimate of drug-likeness (QED) is 0.266. The van der Waals surface area contributed by atoms with Gasteiger partial charge in [-0.25, -0.2) is 0 Å². The number of ether oxygens (including phenoxy) is 2. The molecule has 0 saturated carbocycles. The van der Waals surface area contributed by atoms with Gasteiger partial charge in [0, 0.05) is 25.9 Å². The van der Waals surface area contributed by atoms with Crippen LogP contribution in [0.3, 0.4) is 0 Å². The average Bonchev–Trinajstić information content (AvgIpc) is 2.94. The van der Waals surface area contributed by atoms with Crippen LogP contribution in [-0.4, -0.2) is 42.5 Å². The predicted octanol–water partition coefficient (Wildman–Crippen LogP) is 5.89. The summed E-state index contributed by atoms with van der Waals surface area (Å²) < 4.78 is 11.5. The molecule has 0 aromatic heterocycles. The summed E-state index contributed by atoms with van der Waals surface area (Å²) >= 11 is 0. The second-order valence-electron chi connectivity index (χ2n) is 9.65. The summed E-state index contributed by atoms with van der Waals surface area (Å²) in [6.45, 7) is 9.95. The van der Waals surface area contributed by atoms with Crippen molar-refractivity contribution in [1.82, 2.24) is 10.2 Å². The molecular weight excluding hydrogens is 488 g/mol. The summed E-state index contributed by atoms with van der Waals surface area (Å²) in [6.07, 6.45) is 2.09. The summed E-state index contributed by atoms with van der Waals surface area (Å²) in [5.74, 6) is 1.20. The van der Waals surface area contributed by atoms with Gasteiger partial charge in [0.05, 0.1) is 13.2 Å². The molecule has 0 heterocycles. The fraction of sp³-hybridized carbons (Fsp3) is 0.394. The van der Waals surface area contributed by atoms with Crippen LogP contribution in [-0.2, 0) is 29.0 Å². The molecule has 1 N–H and O–H groups in total. The first-order chi connectivity index (χ1) is 18.9. The molecule has 39 heavy (non-hydrogen) atoms. The van der Waals surface area contributed by atoms with Gasteiger partial charge in [0.25, 0.3) is 0 Å². The minimum absolute atomic E-state index is 0.0593. The van der Waals surface area contributed by atoms with Gasteiger partial charge >= 0.3 is 0 Å². The zero-order valence-electron chi connectivity index (χ0n) is 23.7. The Balaban J connectivity index is 1.88. The van der Waals surface area contributed by atoms with Crippen LogP contribution in [0.25, 0.3) is 0 Å². The van der Waals surface area contributed by atoms with E-state index in [1.807, 2.05) is 94.4 Å². The van der Waals surface area contributed by atoms with Crippen LogP contribution in [0.5, 0.6) is 11.5 Å². The topological polar surface area (TPSA) is 67.9 Å². The van der Waals surface area contributed by atoms with E-state index in [1.165, 1.54) is 0 Å². The number of nitrogens with one attached hydrogen (secondary N) is 1. The number of amides is 2. The first-order valence-corrected chi connectivity index (χ1v) is 14.0. The van der Waals surface area contributed by atoms with E-state index in [4.69, 9.17) is 9.47 Å². The van der Waals surface area contributed by atoms with Crippen LogP contribution < -0.4 is 14.8 Å². The van der Waals surface area contributed by atoms with Crippen LogP contribution in [0, 0.1) is 6.92 Å². The molecule has 0 aliphatic rings. The van der Waals surface area contributed by atoms with E-state index in [0.717, 1.165) is 28.7 Å². The molecule has 0 spiro atoms. The normalized spacial score (nSPS) is 11.5. The lowest BCUT2D eigenvalue weighted by atomic mass is 10.0. The summed E-state index contributed by atoms with van der Waals surface area (Å²) in [4.78, 5) is 29.1. The number of nitrogens with zero attached hydrogens (tertiary/aromatic N) is 1. The molecule has 3 aromatic rings. The highest BCUT2D eigenvalue weighted by Crippen LogP contribution is 2.29. The zero-order valence-corrected chi connectivity index (χ0v) is 23.7. The van der Waals surface area contributed by atoms with Crippen molar-refractivity contribution in [2.45, 2.75) is 66.0 Å². The predicted molar refractivity (Wildman–Crippen MR) is 156 cm³/mol. The van der Waals surface area contributed by atoms with E-state index < -0.39 is 6.04 Å². The van der Waals surface area contributed by atoms with Crippen molar-refractivity contribution in [3.8, 4) is 11.5 Å². The van der Waals surface area contributed by atoms with E-state index >= 15 is 0 Å². The molecule has 0 unspecified atom stereocenters. The summed E-state index contributed by atoms with van der Waals surface area (Å²) in [5.41, 5.74) is 4.13. The number of hydrogen-bond donors (Lipinski definition) is 1. The molecule has 0 radical (unpaired) electrons. The van der Waals surface area contributed by atoms with Gasteiger partial charge in [-0.15, -0.1) is 0 Å². The molecular formula is C33H42N2O4. The zero-order chi connectivity index (χ0) is 28.0. The third kappa shape index (κ3) is 9.17. The van der Waals surface area contributed by atoms with Crippen molar-refractivity contribution < 1.29 is 19.1 Å². The molecule has 6 nitrogen and oxygen atoms in total. The SMILES string of the molecule is CCCNC(=O)[C@@H](Cc1ccccc1)N(Cc1cccc(C)c1)C(=O)CCc1ccc(OCC)c(OCC)c1. The van der Waals surface area contributed by atoms with Crippen molar-refractivity contribution >= 4 is 11.8 Å².